The number of aliphatic carboxylic acids is 3. The first-order valence-electron chi connectivity index (χ1n) is 12.5. The van der Waals surface area contributed by atoms with Gasteiger partial charge >= 0.3 is 36.4 Å². The minimum Gasteiger partial charge on any atom is -0.475 e. The molecule has 3 N–H and O–H groups in total. The summed E-state index contributed by atoms with van der Waals surface area (Å²) in [7, 11) is 0. The maximum Gasteiger partial charge on any atom is 0.490 e. The number of aryl methyl sites for hydroxylation is 1. The van der Waals surface area contributed by atoms with E-state index in [1.165, 1.54) is 29.4 Å². The Morgan fingerprint density at radius 1 is 0.867 bits per heavy atom. The summed E-state index contributed by atoms with van der Waals surface area (Å²) in [5.41, 5.74) is 1.03. The van der Waals surface area contributed by atoms with E-state index in [9.17, 15) is 39.5 Å². The van der Waals surface area contributed by atoms with Gasteiger partial charge in [-0.2, -0.15) is 39.5 Å². The number of carbonyl (C=O) groups is 3. The average molecular weight is 686 g/mol. The number of aromatic nitrogens is 1. The molecule has 0 saturated carbocycles. The summed E-state index contributed by atoms with van der Waals surface area (Å²) in [4.78, 5) is 39.1. The molecule has 2 aliphatic rings. The lowest BCUT2D eigenvalue weighted by Gasteiger charge is -2.37. The summed E-state index contributed by atoms with van der Waals surface area (Å²) in [6.45, 7) is 8.49. The van der Waals surface area contributed by atoms with E-state index in [2.05, 4.69) is 33.8 Å². The Balaban J connectivity index is 0.000000396. The van der Waals surface area contributed by atoms with Crippen LogP contribution in [0.5, 0.6) is 0 Å². The molecule has 0 spiro atoms. The topological polar surface area (TPSA) is 140 Å². The van der Waals surface area contributed by atoms with Gasteiger partial charge in [-0.15, -0.1) is 11.3 Å². The van der Waals surface area contributed by atoms with Crippen LogP contribution in [-0.2, 0) is 32.3 Å². The molecule has 45 heavy (non-hydrogen) atoms. The van der Waals surface area contributed by atoms with Crippen molar-refractivity contribution in [1.82, 2.24) is 14.8 Å². The highest BCUT2D eigenvalue weighted by Crippen LogP contribution is 2.26. The van der Waals surface area contributed by atoms with E-state index in [-0.39, 0.29) is 0 Å². The summed E-state index contributed by atoms with van der Waals surface area (Å²) >= 11 is 1.93. The van der Waals surface area contributed by atoms with Crippen LogP contribution in [0.4, 0.5) is 39.5 Å². The Kier molecular flexibility index (Phi) is 15.2. The molecule has 2 aromatic rings. The monoisotopic (exact) mass is 685 g/mol. The molecule has 4 heterocycles. The van der Waals surface area contributed by atoms with Gasteiger partial charge in [0.25, 0.3) is 0 Å². The molecule has 2 aromatic heterocycles. The number of fused-ring (bicyclic) bond motifs is 1. The Morgan fingerprint density at radius 3 is 1.82 bits per heavy atom. The molecule has 4 rings (SSSR count). The van der Waals surface area contributed by atoms with E-state index in [0.29, 0.717) is 18.8 Å². The molecule has 2 fully saturated rings. The Hall–Kier alpha value is -3.49. The molecule has 0 aliphatic carbocycles. The first kappa shape index (κ1) is 39.5. The summed E-state index contributed by atoms with van der Waals surface area (Å²) in [5.74, 6) is -8.27. The van der Waals surface area contributed by atoms with Crippen LogP contribution >= 0.6 is 11.3 Å². The number of hydrogen-bond donors (Lipinski definition) is 3. The molecule has 254 valence electrons. The second-order valence-electron chi connectivity index (χ2n) is 9.29. The maximum absolute atomic E-state index is 10.6. The highest BCUT2D eigenvalue weighted by molar-refractivity contribution is 7.11. The van der Waals surface area contributed by atoms with Crippen molar-refractivity contribution in [3.05, 3.63) is 52.0 Å². The van der Waals surface area contributed by atoms with Gasteiger partial charge in [0.15, 0.2) is 0 Å². The van der Waals surface area contributed by atoms with Crippen LogP contribution in [0.15, 0.2) is 36.5 Å². The average Bonchev–Trinajstić information content (AvgIpc) is 3.52. The molecule has 2 saturated heterocycles. The van der Waals surface area contributed by atoms with Crippen molar-refractivity contribution in [3.63, 3.8) is 0 Å². The molecule has 10 nitrogen and oxygen atoms in total. The zero-order chi connectivity index (χ0) is 34.6. The number of halogens is 9. The highest BCUT2D eigenvalue weighted by Gasteiger charge is 2.40. The molecular weight excluding hydrogens is 657 g/mol. The second-order valence-corrected chi connectivity index (χ2v) is 10.7. The zero-order valence-electron chi connectivity index (χ0n) is 23.2. The number of nitrogens with zero attached hydrogens (tertiary/aromatic N) is 3. The molecule has 0 bridgehead atoms. The van der Waals surface area contributed by atoms with Crippen LogP contribution in [0.2, 0.25) is 0 Å². The van der Waals surface area contributed by atoms with Crippen molar-refractivity contribution in [2.24, 2.45) is 0 Å². The van der Waals surface area contributed by atoms with Gasteiger partial charge in [0, 0.05) is 54.7 Å². The summed E-state index contributed by atoms with van der Waals surface area (Å²) in [6.07, 6.45) is -11.9. The van der Waals surface area contributed by atoms with Crippen LogP contribution in [-0.4, -0.2) is 105 Å². The third-order valence-electron chi connectivity index (χ3n) is 5.76. The van der Waals surface area contributed by atoms with Crippen molar-refractivity contribution in [2.75, 3.05) is 26.2 Å². The number of carboxylic acid groups (broad SMARTS) is 3. The zero-order valence-corrected chi connectivity index (χ0v) is 24.0. The lowest BCUT2D eigenvalue weighted by atomic mass is 10.1. The Morgan fingerprint density at radius 2 is 1.40 bits per heavy atom. The van der Waals surface area contributed by atoms with E-state index >= 15 is 0 Å². The minimum absolute atomic E-state index is 0.348. The number of pyridine rings is 1. The first-order chi connectivity index (χ1) is 20.6. The van der Waals surface area contributed by atoms with Gasteiger partial charge in [0.05, 0.1) is 18.4 Å². The molecule has 0 aromatic carbocycles. The smallest absolute Gasteiger partial charge is 0.475 e. The van der Waals surface area contributed by atoms with Gasteiger partial charge in [-0.3, -0.25) is 14.8 Å². The van der Waals surface area contributed by atoms with Crippen molar-refractivity contribution < 1.29 is 74.0 Å². The molecule has 20 heteroatoms. The molecule has 2 aliphatic heterocycles. The van der Waals surface area contributed by atoms with E-state index in [1.807, 2.05) is 35.7 Å². The number of thiophene rings is 1. The van der Waals surface area contributed by atoms with E-state index in [4.69, 9.17) is 34.4 Å². The van der Waals surface area contributed by atoms with Crippen LogP contribution in [0.1, 0.15) is 21.9 Å². The second kappa shape index (κ2) is 17.3. The lowest BCUT2D eigenvalue weighted by molar-refractivity contribution is -0.193. The summed E-state index contributed by atoms with van der Waals surface area (Å²) < 4.78 is 101. The fourth-order valence-corrected chi connectivity index (χ4v) is 4.74. The fraction of sp³-hybridized carbons (Fsp3) is 0.520. The maximum atomic E-state index is 10.6. The van der Waals surface area contributed by atoms with E-state index in [1.54, 1.807) is 0 Å². The third-order valence-corrected chi connectivity index (χ3v) is 6.74. The van der Waals surface area contributed by atoms with Crippen molar-refractivity contribution in [2.45, 2.75) is 57.2 Å². The van der Waals surface area contributed by atoms with Crippen molar-refractivity contribution in [1.29, 1.82) is 0 Å². The first-order valence-corrected chi connectivity index (χ1v) is 13.3. The van der Waals surface area contributed by atoms with Gasteiger partial charge in [-0.05, 0) is 37.6 Å². The van der Waals surface area contributed by atoms with Crippen LogP contribution < -0.4 is 0 Å². The van der Waals surface area contributed by atoms with Gasteiger partial charge < -0.3 is 20.1 Å². The van der Waals surface area contributed by atoms with Gasteiger partial charge in [0.1, 0.15) is 0 Å². The van der Waals surface area contributed by atoms with Gasteiger partial charge in [0.2, 0.25) is 0 Å². The van der Waals surface area contributed by atoms with E-state index in [0.717, 1.165) is 25.2 Å². The SMILES string of the molecule is Cc1ccc(CN2CCN3CC(OCc4ccccn4)CC3C2)s1.O=C(O)C(F)(F)F.O=C(O)C(F)(F)F.O=C(O)C(F)(F)F. The minimum atomic E-state index is -5.08. The van der Waals surface area contributed by atoms with Crippen LogP contribution in [0.25, 0.3) is 0 Å². The molecular formula is C25H28F9N3O7S. The van der Waals surface area contributed by atoms with Crippen molar-refractivity contribution in [3.8, 4) is 0 Å². The number of piperazine rings is 1. The molecule has 2 atom stereocenters. The summed E-state index contributed by atoms with van der Waals surface area (Å²) in [6, 6.07) is 11.2. The standard InChI is InChI=1S/C19H25N3OS.3C2HF3O2/c1-15-5-6-19(24-15)13-21-8-9-22-12-18(10-17(22)11-21)23-14-16-4-2-3-7-20-16;3*3-2(4,5)1(6)7/h2-7,17-18H,8-14H2,1H3;3*(H,6,7). The Bertz CT molecular complexity index is 1170. The number of ether oxygens (including phenoxy) is 1. The largest absolute Gasteiger partial charge is 0.490 e. The van der Waals surface area contributed by atoms with Gasteiger partial charge in [-0.25, -0.2) is 14.4 Å². The Labute approximate surface area is 253 Å². The lowest BCUT2D eigenvalue weighted by Crippen LogP contribution is -2.49. The number of alkyl halides is 9. The third kappa shape index (κ3) is 15.9. The molecule has 0 amide bonds. The molecule has 2 unspecified atom stereocenters. The van der Waals surface area contributed by atoms with Crippen LogP contribution in [0.3, 0.4) is 0 Å². The number of rotatable bonds is 5. The van der Waals surface area contributed by atoms with Crippen LogP contribution in [0, 0.1) is 6.92 Å². The number of hydrogen-bond acceptors (Lipinski definition) is 8. The molecule has 0 radical (unpaired) electrons. The highest BCUT2D eigenvalue weighted by atomic mass is 32.1. The summed E-state index contributed by atoms with van der Waals surface area (Å²) in [5, 5.41) is 21.4. The predicted molar refractivity (Wildman–Crippen MR) is 138 cm³/mol. The fourth-order valence-electron chi connectivity index (χ4n) is 3.80. The predicted octanol–water partition coefficient (Wildman–Crippen LogP) is 4.83. The van der Waals surface area contributed by atoms with E-state index < -0.39 is 36.4 Å². The van der Waals surface area contributed by atoms with Gasteiger partial charge in [-0.1, -0.05) is 6.07 Å². The number of carboxylic acids is 3. The normalized spacial score (nSPS) is 18.6. The quantitative estimate of drug-likeness (QED) is 0.375. The van der Waals surface area contributed by atoms with Crippen molar-refractivity contribution >= 4 is 29.2 Å².